The molecule has 1 aliphatic carbocycles. The van der Waals surface area contributed by atoms with Gasteiger partial charge in [0.25, 0.3) is 5.91 Å². The van der Waals surface area contributed by atoms with E-state index in [1.807, 2.05) is 33.8 Å². The lowest BCUT2D eigenvalue weighted by Crippen LogP contribution is -3.15. The summed E-state index contributed by atoms with van der Waals surface area (Å²) in [4.78, 5) is 25.1. The third kappa shape index (κ3) is 4.96. The van der Waals surface area contributed by atoms with Gasteiger partial charge in [-0.3, -0.25) is 10.1 Å². The van der Waals surface area contributed by atoms with Crippen LogP contribution in [0.1, 0.15) is 35.1 Å². The molecule has 0 atom stereocenters. The van der Waals surface area contributed by atoms with Crippen molar-refractivity contribution in [3.8, 4) is 0 Å². The van der Waals surface area contributed by atoms with Crippen LogP contribution in [0.5, 0.6) is 0 Å². The van der Waals surface area contributed by atoms with Gasteiger partial charge in [0.2, 0.25) is 10.0 Å². The molecule has 1 heterocycles. The Morgan fingerprint density at radius 1 is 1.07 bits per heavy atom. The van der Waals surface area contributed by atoms with E-state index in [1.165, 1.54) is 4.31 Å². The highest BCUT2D eigenvalue weighted by atomic mass is 32.2. The van der Waals surface area contributed by atoms with Crippen LogP contribution in [0.15, 0.2) is 11.0 Å². The van der Waals surface area contributed by atoms with Gasteiger partial charge >= 0.3 is 6.03 Å². The fraction of sp³-hybridized carbons (Fsp3) is 0.600. The Morgan fingerprint density at radius 3 is 2.14 bits per heavy atom. The molecular weight excluding hydrogens is 392 g/mol. The van der Waals surface area contributed by atoms with Gasteiger partial charge in [-0.05, 0) is 62.8 Å². The number of carbonyl (C=O) groups is 2. The van der Waals surface area contributed by atoms with Crippen LogP contribution in [0, 0.1) is 27.7 Å². The number of sulfonamides is 1. The molecule has 1 aromatic rings. The fourth-order valence-electron chi connectivity index (χ4n) is 3.76. The monoisotopic (exact) mass is 423 g/mol. The zero-order valence-corrected chi connectivity index (χ0v) is 18.4. The van der Waals surface area contributed by atoms with Gasteiger partial charge in [0.1, 0.15) is 0 Å². The van der Waals surface area contributed by atoms with Crippen molar-refractivity contribution in [3.63, 3.8) is 0 Å². The fourth-order valence-corrected chi connectivity index (χ4v) is 5.78. The molecule has 0 radical (unpaired) electrons. The topological polar surface area (TPSA) is 100 Å². The molecule has 29 heavy (non-hydrogen) atoms. The number of benzene rings is 1. The lowest BCUT2D eigenvalue weighted by atomic mass is 10.0. The zero-order valence-electron chi connectivity index (χ0n) is 17.6. The number of aryl methyl sites for hydroxylation is 2. The molecule has 1 aliphatic heterocycles. The number of imide groups is 1. The first-order valence-electron chi connectivity index (χ1n) is 10.1. The van der Waals surface area contributed by atoms with Crippen LogP contribution in [-0.2, 0) is 14.8 Å². The van der Waals surface area contributed by atoms with E-state index in [0.29, 0.717) is 31.1 Å². The van der Waals surface area contributed by atoms with E-state index in [2.05, 4.69) is 10.6 Å². The molecule has 160 valence electrons. The number of hydrogen-bond acceptors (Lipinski definition) is 4. The van der Waals surface area contributed by atoms with Crippen molar-refractivity contribution >= 4 is 22.0 Å². The largest absolute Gasteiger partial charge is 0.335 e. The van der Waals surface area contributed by atoms with E-state index in [-0.39, 0.29) is 18.5 Å². The number of hydrogen-bond donors (Lipinski definition) is 3. The van der Waals surface area contributed by atoms with Crippen molar-refractivity contribution in [1.29, 1.82) is 0 Å². The minimum absolute atomic E-state index is 0.160. The molecule has 2 fully saturated rings. The maximum atomic E-state index is 13.3. The van der Waals surface area contributed by atoms with E-state index in [4.69, 9.17) is 0 Å². The average Bonchev–Trinajstić information content (AvgIpc) is 3.44. The second-order valence-electron chi connectivity index (χ2n) is 8.22. The number of amides is 3. The van der Waals surface area contributed by atoms with Crippen molar-refractivity contribution in [3.05, 3.63) is 28.3 Å². The van der Waals surface area contributed by atoms with Crippen LogP contribution in [-0.4, -0.2) is 63.4 Å². The second kappa shape index (κ2) is 8.41. The maximum absolute atomic E-state index is 13.3. The van der Waals surface area contributed by atoms with E-state index in [1.54, 1.807) is 0 Å². The van der Waals surface area contributed by atoms with Gasteiger partial charge in [0.15, 0.2) is 6.54 Å². The number of rotatable bonds is 5. The van der Waals surface area contributed by atoms with E-state index in [9.17, 15) is 18.0 Å². The SMILES string of the molecule is Cc1cc(C)c(C)c(S(=O)(=O)N2CC[NH+](CC(=O)NC(=O)NC3CC3)CC2)c1C. The third-order valence-electron chi connectivity index (χ3n) is 5.90. The molecule has 0 spiro atoms. The van der Waals surface area contributed by atoms with Gasteiger partial charge < -0.3 is 10.2 Å². The number of nitrogens with zero attached hydrogens (tertiary/aromatic N) is 1. The quantitative estimate of drug-likeness (QED) is 0.611. The van der Waals surface area contributed by atoms with Gasteiger partial charge in [-0.2, -0.15) is 4.31 Å². The summed E-state index contributed by atoms with van der Waals surface area (Å²) < 4.78 is 28.1. The average molecular weight is 424 g/mol. The first-order chi connectivity index (χ1) is 13.6. The number of urea groups is 1. The van der Waals surface area contributed by atoms with Crippen LogP contribution >= 0.6 is 0 Å². The van der Waals surface area contributed by atoms with Crippen LogP contribution in [0.3, 0.4) is 0 Å². The minimum Gasteiger partial charge on any atom is -0.335 e. The number of carbonyl (C=O) groups excluding carboxylic acids is 2. The van der Waals surface area contributed by atoms with Gasteiger partial charge in [-0.1, -0.05) is 6.07 Å². The Labute approximate surface area is 172 Å². The van der Waals surface area contributed by atoms with Crippen LogP contribution in [0.25, 0.3) is 0 Å². The number of quaternary nitrogens is 1. The first kappa shape index (κ1) is 21.7. The molecule has 1 saturated heterocycles. The predicted octanol–water partition coefficient (Wildman–Crippen LogP) is -0.202. The van der Waals surface area contributed by atoms with Crippen LogP contribution < -0.4 is 15.5 Å². The summed E-state index contributed by atoms with van der Waals surface area (Å²) in [5, 5.41) is 5.07. The van der Waals surface area contributed by atoms with Crippen LogP contribution in [0.2, 0.25) is 0 Å². The molecule has 0 aromatic heterocycles. The molecule has 3 rings (SSSR count). The standard InChI is InChI=1S/C20H30N4O4S/c1-13-11-14(2)16(4)19(15(13)3)29(27,28)24-9-7-23(8-10-24)12-18(25)22-20(26)21-17-5-6-17/h11,17H,5-10,12H2,1-4H3,(H2,21,22,25,26)/p+1. The normalized spacial score (nSPS) is 18.5. The van der Waals surface area contributed by atoms with Crippen molar-refractivity contribution < 1.29 is 22.9 Å². The highest BCUT2D eigenvalue weighted by molar-refractivity contribution is 7.89. The third-order valence-corrected chi connectivity index (χ3v) is 8.07. The first-order valence-corrected chi connectivity index (χ1v) is 11.5. The molecule has 0 unspecified atom stereocenters. The summed E-state index contributed by atoms with van der Waals surface area (Å²) >= 11 is 0. The number of nitrogens with one attached hydrogen (secondary N) is 3. The Balaban J connectivity index is 1.60. The van der Waals surface area contributed by atoms with E-state index in [0.717, 1.165) is 40.0 Å². The molecule has 0 bridgehead atoms. The number of piperazine rings is 1. The summed E-state index contributed by atoms with van der Waals surface area (Å²) in [6.07, 6.45) is 1.92. The predicted molar refractivity (Wildman–Crippen MR) is 109 cm³/mol. The molecule has 3 N–H and O–H groups in total. The van der Waals surface area contributed by atoms with Gasteiger partial charge in [-0.25, -0.2) is 13.2 Å². The molecule has 1 aromatic carbocycles. The second-order valence-corrected chi connectivity index (χ2v) is 10.1. The lowest BCUT2D eigenvalue weighted by molar-refractivity contribution is -0.895. The van der Waals surface area contributed by atoms with Crippen molar-refractivity contribution in [1.82, 2.24) is 14.9 Å². The molecule has 8 nitrogen and oxygen atoms in total. The zero-order chi connectivity index (χ0) is 21.3. The summed E-state index contributed by atoms with van der Waals surface area (Å²) in [6, 6.07) is 1.77. The highest BCUT2D eigenvalue weighted by Gasteiger charge is 2.34. The van der Waals surface area contributed by atoms with Crippen molar-refractivity contribution in [2.75, 3.05) is 32.7 Å². The molecule has 1 saturated carbocycles. The molecule has 9 heteroatoms. The summed E-state index contributed by atoms with van der Waals surface area (Å²) in [7, 11) is -3.59. The summed E-state index contributed by atoms with van der Waals surface area (Å²) in [5.41, 5.74) is 3.53. The Kier molecular flexibility index (Phi) is 6.30. The summed E-state index contributed by atoms with van der Waals surface area (Å²) in [6.45, 7) is 9.49. The van der Waals surface area contributed by atoms with Gasteiger partial charge in [-0.15, -0.1) is 0 Å². The van der Waals surface area contributed by atoms with Gasteiger partial charge in [0.05, 0.1) is 31.1 Å². The van der Waals surface area contributed by atoms with Crippen molar-refractivity contribution in [2.24, 2.45) is 0 Å². The smallest absolute Gasteiger partial charge is 0.321 e. The molecule has 2 aliphatic rings. The van der Waals surface area contributed by atoms with Gasteiger partial charge in [0, 0.05) is 6.04 Å². The Hall–Kier alpha value is -1.97. The lowest BCUT2D eigenvalue weighted by Gasteiger charge is -2.32. The molecule has 3 amide bonds. The Bertz CT molecular complexity index is 891. The minimum atomic E-state index is -3.59. The maximum Gasteiger partial charge on any atom is 0.321 e. The van der Waals surface area contributed by atoms with Crippen LogP contribution in [0.4, 0.5) is 4.79 Å². The van der Waals surface area contributed by atoms with E-state index < -0.39 is 16.1 Å². The molecular formula is C20H31N4O4S+. The highest BCUT2D eigenvalue weighted by Crippen LogP contribution is 2.28. The van der Waals surface area contributed by atoms with E-state index >= 15 is 0 Å². The van der Waals surface area contributed by atoms with Crippen molar-refractivity contribution in [2.45, 2.75) is 51.5 Å². The summed E-state index contributed by atoms with van der Waals surface area (Å²) in [5.74, 6) is -0.338. The Morgan fingerprint density at radius 2 is 1.62 bits per heavy atom.